The van der Waals surface area contributed by atoms with Crippen molar-refractivity contribution < 1.29 is 9.47 Å². The third-order valence-electron chi connectivity index (χ3n) is 6.62. The van der Waals surface area contributed by atoms with Crippen molar-refractivity contribution in [1.82, 2.24) is 24.6 Å². The minimum atomic E-state index is -0.239. The Morgan fingerprint density at radius 2 is 2.03 bits per heavy atom. The van der Waals surface area contributed by atoms with Crippen LogP contribution in [0.5, 0.6) is 11.5 Å². The van der Waals surface area contributed by atoms with Gasteiger partial charge in [-0.2, -0.15) is 9.61 Å². The summed E-state index contributed by atoms with van der Waals surface area (Å²) in [6.45, 7) is 4.34. The number of fused-ring (bicyclic) bond motifs is 4. The largest absolute Gasteiger partial charge is 0.493 e. The molecule has 1 aliphatic rings. The van der Waals surface area contributed by atoms with Crippen molar-refractivity contribution in [2.45, 2.75) is 46.1 Å². The van der Waals surface area contributed by atoms with Gasteiger partial charge in [0.05, 0.1) is 18.2 Å². The standard InChI is InChI=1S/C26H25N5O4S2/c1-4-20-30-31-21(32)11-15(27-26(31)37-20)12-35-17-8-6-14(10-18(17)34-3)23-28-24(33)22-16-7-5-13(2)9-19(16)36-25(22)29-23/h6,8,10-11,13H,4-5,7,9,12H2,1-3H3,(H,28,29,33)/t13-/m1/s1. The van der Waals surface area contributed by atoms with Crippen LogP contribution < -0.4 is 20.6 Å². The van der Waals surface area contributed by atoms with Gasteiger partial charge in [0.15, 0.2) is 11.5 Å². The van der Waals surface area contributed by atoms with E-state index in [0.717, 1.165) is 52.0 Å². The zero-order valence-electron chi connectivity index (χ0n) is 20.7. The quantitative estimate of drug-likeness (QED) is 0.343. The molecule has 0 radical (unpaired) electrons. The molecule has 1 aromatic carbocycles. The summed E-state index contributed by atoms with van der Waals surface area (Å²) in [5.41, 5.74) is 2.05. The van der Waals surface area contributed by atoms with E-state index in [9.17, 15) is 9.59 Å². The first-order valence-corrected chi connectivity index (χ1v) is 13.8. The van der Waals surface area contributed by atoms with E-state index in [4.69, 9.17) is 14.5 Å². The lowest BCUT2D eigenvalue weighted by atomic mass is 9.89. The maximum Gasteiger partial charge on any atom is 0.275 e. The lowest BCUT2D eigenvalue weighted by Crippen LogP contribution is -2.16. The second-order valence-corrected chi connectivity index (χ2v) is 11.4. The third kappa shape index (κ3) is 4.31. The molecule has 0 aliphatic heterocycles. The fourth-order valence-corrected chi connectivity index (χ4v) is 6.93. The summed E-state index contributed by atoms with van der Waals surface area (Å²) < 4.78 is 12.8. The molecule has 0 spiro atoms. The molecule has 0 saturated heterocycles. The molecule has 9 nitrogen and oxygen atoms in total. The van der Waals surface area contributed by atoms with Crippen LogP contribution in [0.2, 0.25) is 0 Å². The van der Waals surface area contributed by atoms with Gasteiger partial charge in [0.1, 0.15) is 22.3 Å². The maximum absolute atomic E-state index is 13.0. The number of methoxy groups -OCH3 is 1. The van der Waals surface area contributed by atoms with Gasteiger partial charge in [-0.1, -0.05) is 25.2 Å². The van der Waals surface area contributed by atoms with Crippen LogP contribution in [-0.4, -0.2) is 31.7 Å². The molecule has 0 saturated carbocycles. The van der Waals surface area contributed by atoms with Crippen LogP contribution >= 0.6 is 22.7 Å². The molecule has 0 amide bonds. The molecule has 0 bridgehead atoms. The topological polar surface area (TPSA) is 111 Å². The molecular formula is C26H25N5O4S2. The number of aromatic nitrogens is 5. The summed E-state index contributed by atoms with van der Waals surface area (Å²) in [7, 11) is 1.56. The van der Waals surface area contributed by atoms with Gasteiger partial charge in [-0.25, -0.2) is 9.97 Å². The Balaban J connectivity index is 1.28. The first-order valence-electron chi connectivity index (χ1n) is 12.2. The number of ether oxygens (including phenoxy) is 2. The molecule has 11 heteroatoms. The van der Waals surface area contributed by atoms with Crippen molar-refractivity contribution in [2.75, 3.05) is 7.11 Å². The molecule has 1 atom stereocenters. The summed E-state index contributed by atoms with van der Waals surface area (Å²) in [6.07, 6.45) is 3.77. The highest BCUT2D eigenvalue weighted by Gasteiger charge is 2.23. The molecule has 4 aromatic heterocycles. The molecule has 5 aromatic rings. The van der Waals surface area contributed by atoms with Crippen molar-refractivity contribution in [1.29, 1.82) is 0 Å². The van der Waals surface area contributed by atoms with E-state index < -0.39 is 0 Å². The van der Waals surface area contributed by atoms with Gasteiger partial charge in [-0.15, -0.1) is 11.3 Å². The predicted molar refractivity (Wildman–Crippen MR) is 144 cm³/mol. The average Bonchev–Trinajstić information content (AvgIpc) is 3.48. The van der Waals surface area contributed by atoms with Crippen LogP contribution in [0.4, 0.5) is 0 Å². The van der Waals surface area contributed by atoms with Gasteiger partial charge in [0.25, 0.3) is 11.1 Å². The molecule has 1 aliphatic carbocycles. The van der Waals surface area contributed by atoms with Crippen LogP contribution in [0.15, 0.2) is 33.9 Å². The Morgan fingerprint density at radius 3 is 2.84 bits per heavy atom. The van der Waals surface area contributed by atoms with E-state index in [0.29, 0.717) is 33.9 Å². The zero-order chi connectivity index (χ0) is 25.7. The van der Waals surface area contributed by atoms with Crippen LogP contribution in [0.3, 0.4) is 0 Å². The second kappa shape index (κ2) is 9.38. The number of benzene rings is 1. The van der Waals surface area contributed by atoms with Crippen LogP contribution in [0.25, 0.3) is 26.6 Å². The number of nitrogens with one attached hydrogen (secondary N) is 1. The highest BCUT2D eigenvalue weighted by molar-refractivity contribution is 7.18. The monoisotopic (exact) mass is 535 g/mol. The molecule has 190 valence electrons. The number of aryl methyl sites for hydroxylation is 2. The van der Waals surface area contributed by atoms with Crippen LogP contribution in [0.1, 0.15) is 41.4 Å². The predicted octanol–water partition coefficient (Wildman–Crippen LogP) is 4.39. The fourth-order valence-electron chi connectivity index (χ4n) is 4.68. The SMILES string of the molecule is CCc1nn2c(=O)cc(COc3ccc(-c4nc5sc6c(c5c(=O)[nH]4)CC[C@@H](C)C6)cc3OC)nc2s1. The molecule has 0 fully saturated rings. The summed E-state index contributed by atoms with van der Waals surface area (Å²) in [5.74, 6) is 2.10. The lowest BCUT2D eigenvalue weighted by molar-refractivity contribution is 0.281. The summed E-state index contributed by atoms with van der Waals surface area (Å²) in [5, 5.41) is 5.85. The summed E-state index contributed by atoms with van der Waals surface area (Å²) in [6, 6.07) is 6.82. The fraction of sp³-hybridized carbons (Fsp3) is 0.346. The number of hydrogen-bond acceptors (Lipinski definition) is 9. The lowest BCUT2D eigenvalue weighted by Gasteiger charge is -2.17. The van der Waals surface area contributed by atoms with E-state index in [1.807, 2.05) is 13.0 Å². The maximum atomic E-state index is 13.0. The molecule has 37 heavy (non-hydrogen) atoms. The van der Waals surface area contributed by atoms with Gasteiger partial charge in [-0.05, 0) is 55.4 Å². The van der Waals surface area contributed by atoms with E-state index >= 15 is 0 Å². The van der Waals surface area contributed by atoms with E-state index in [1.165, 1.54) is 26.8 Å². The smallest absolute Gasteiger partial charge is 0.275 e. The Bertz CT molecular complexity index is 1770. The summed E-state index contributed by atoms with van der Waals surface area (Å²) in [4.78, 5) is 40.3. The van der Waals surface area contributed by atoms with Crippen LogP contribution in [0, 0.1) is 5.92 Å². The van der Waals surface area contributed by atoms with Crippen molar-refractivity contribution in [3.63, 3.8) is 0 Å². The van der Waals surface area contributed by atoms with Crippen LogP contribution in [-0.2, 0) is 25.9 Å². The van der Waals surface area contributed by atoms with Crippen molar-refractivity contribution in [3.05, 3.63) is 66.1 Å². The third-order valence-corrected chi connectivity index (χ3v) is 8.82. The highest BCUT2D eigenvalue weighted by Crippen LogP contribution is 2.37. The van der Waals surface area contributed by atoms with E-state index in [2.05, 4.69) is 22.0 Å². The Morgan fingerprint density at radius 1 is 1.16 bits per heavy atom. The van der Waals surface area contributed by atoms with E-state index in [1.54, 1.807) is 30.6 Å². The number of rotatable bonds is 6. The molecule has 1 N–H and O–H groups in total. The Labute approximate surface area is 219 Å². The molecule has 0 unspecified atom stereocenters. The number of aromatic amines is 1. The second-order valence-electron chi connectivity index (χ2n) is 9.23. The first-order chi connectivity index (χ1) is 17.9. The van der Waals surface area contributed by atoms with Gasteiger partial charge in [-0.3, -0.25) is 9.59 Å². The first kappa shape index (κ1) is 23.8. The van der Waals surface area contributed by atoms with Gasteiger partial charge in [0, 0.05) is 16.5 Å². The number of nitrogens with zero attached hydrogens (tertiary/aromatic N) is 4. The van der Waals surface area contributed by atoms with Crippen molar-refractivity contribution >= 4 is 37.9 Å². The van der Waals surface area contributed by atoms with E-state index in [-0.39, 0.29) is 17.7 Å². The molecular weight excluding hydrogens is 510 g/mol. The molecule has 6 rings (SSSR count). The van der Waals surface area contributed by atoms with Gasteiger partial charge in [0.2, 0.25) is 4.96 Å². The molecule has 4 heterocycles. The number of thiophene rings is 1. The number of hydrogen-bond donors (Lipinski definition) is 1. The van der Waals surface area contributed by atoms with Crippen molar-refractivity contribution in [2.24, 2.45) is 5.92 Å². The zero-order valence-corrected chi connectivity index (χ0v) is 22.3. The normalized spacial score (nSPS) is 15.3. The van der Waals surface area contributed by atoms with Crippen molar-refractivity contribution in [3.8, 4) is 22.9 Å². The van der Waals surface area contributed by atoms with Gasteiger partial charge < -0.3 is 14.5 Å². The minimum absolute atomic E-state index is 0.0982. The Hall–Kier alpha value is -3.57. The summed E-state index contributed by atoms with van der Waals surface area (Å²) >= 11 is 3.02. The van der Waals surface area contributed by atoms with Gasteiger partial charge >= 0.3 is 0 Å². The highest BCUT2D eigenvalue weighted by atomic mass is 32.1. The Kier molecular flexibility index (Phi) is 6.04. The minimum Gasteiger partial charge on any atom is -0.493 e. The average molecular weight is 536 g/mol. The number of H-pyrrole nitrogens is 1.